The number of hydrogen-bond acceptors (Lipinski definition) is 6. The van der Waals surface area contributed by atoms with Crippen LogP contribution in [-0.4, -0.2) is 33.7 Å². The van der Waals surface area contributed by atoms with E-state index >= 15 is 0 Å². The Hall–Kier alpha value is -4.92. The van der Waals surface area contributed by atoms with E-state index in [0.717, 1.165) is 20.3 Å². The SMILES string of the molecule is Cc1ccc(C(=O)c2cccc(C(=O)O)c2)s1.O=C(O)c1ccccc1C(=O)c1ccc2sc3ccccc3c2c1. The molecule has 8 heteroatoms. The second-order valence-electron chi connectivity index (χ2n) is 9.11. The average molecular weight is 579 g/mol. The van der Waals surface area contributed by atoms with Gasteiger partial charge in [0.25, 0.3) is 0 Å². The number of benzene rings is 4. The standard InChI is InChI=1S/C20H12O3S.C13H10O3S/c21-19(14-6-1-2-7-15(14)20(22)23)12-9-10-18-16(11-12)13-5-3-4-8-17(13)24-18;1-8-5-6-11(17-8)12(14)9-3-2-4-10(7-9)13(15)16/h1-11H,(H,22,23);2-7H,1H3,(H,15,16). The van der Waals surface area contributed by atoms with E-state index < -0.39 is 11.9 Å². The number of aromatic carboxylic acids is 2. The van der Waals surface area contributed by atoms with Gasteiger partial charge in [-0.05, 0) is 61.5 Å². The lowest BCUT2D eigenvalue weighted by atomic mass is 9.97. The van der Waals surface area contributed by atoms with Crippen LogP contribution in [0.2, 0.25) is 0 Å². The van der Waals surface area contributed by atoms with Gasteiger partial charge in [0.1, 0.15) is 0 Å². The Bertz CT molecular complexity index is 1960. The summed E-state index contributed by atoms with van der Waals surface area (Å²) in [6.45, 7) is 1.93. The van der Waals surface area contributed by atoms with Crippen LogP contribution in [0.3, 0.4) is 0 Å². The van der Waals surface area contributed by atoms with Crippen molar-refractivity contribution in [2.75, 3.05) is 0 Å². The number of carbonyl (C=O) groups is 4. The molecule has 0 saturated heterocycles. The van der Waals surface area contributed by atoms with Crippen LogP contribution in [0.25, 0.3) is 20.2 Å². The third kappa shape index (κ3) is 5.84. The first-order chi connectivity index (χ1) is 19.7. The zero-order valence-corrected chi connectivity index (χ0v) is 23.3. The van der Waals surface area contributed by atoms with Crippen molar-refractivity contribution < 1.29 is 29.4 Å². The van der Waals surface area contributed by atoms with Crippen LogP contribution in [-0.2, 0) is 0 Å². The Balaban J connectivity index is 0.000000175. The number of rotatable bonds is 6. The number of ketones is 2. The van der Waals surface area contributed by atoms with Crippen LogP contribution in [0.1, 0.15) is 56.7 Å². The Morgan fingerprint density at radius 1 is 0.537 bits per heavy atom. The monoisotopic (exact) mass is 578 g/mol. The van der Waals surface area contributed by atoms with E-state index in [1.807, 2.05) is 43.3 Å². The molecule has 0 spiro atoms. The molecule has 0 saturated carbocycles. The van der Waals surface area contributed by atoms with Crippen LogP contribution in [0, 0.1) is 6.92 Å². The lowest BCUT2D eigenvalue weighted by Gasteiger charge is -2.05. The van der Waals surface area contributed by atoms with Crippen molar-refractivity contribution in [2.24, 2.45) is 0 Å². The fourth-order valence-corrected chi connectivity index (χ4v) is 6.30. The summed E-state index contributed by atoms with van der Waals surface area (Å²) in [5, 5.41) is 20.3. The maximum absolute atomic E-state index is 12.8. The summed E-state index contributed by atoms with van der Waals surface area (Å²) >= 11 is 3.09. The number of hydrogen-bond donors (Lipinski definition) is 2. The molecule has 2 N–H and O–H groups in total. The molecule has 41 heavy (non-hydrogen) atoms. The van der Waals surface area contributed by atoms with Gasteiger partial charge in [0, 0.05) is 41.7 Å². The van der Waals surface area contributed by atoms with Gasteiger partial charge in [-0.25, -0.2) is 9.59 Å². The first-order valence-corrected chi connectivity index (χ1v) is 14.1. The van der Waals surface area contributed by atoms with Crippen molar-refractivity contribution in [3.8, 4) is 0 Å². The molecule has 0 aliphatic carbocycles. The first-order valence-electron chi connectivity index (χ1n) is 12.5. The quantitative estimate of drug-likeness (QED) is 0.194. The van der Waals surface area contributed by atoms with Crippen molar-refractivity contribution in [3.63, 3.8) is 0 Å². The fourth-order valence-electron chi connectivity index (χ4n) is 4.38. The Morgan fingerprint density at radius 3 is 1.90 bits per heavy atom. The van der Waals surface area contributed by atoms with Gasteiger partial charge in [0.2, 0.25) is 5.78 Å². The molecule has 0 fully saturated rings. The number of carbonyl (C=O) groups excluding carboxylic acids is 2. The number of thiophene rings is 2. The van der Waals surface area contributed by atoms with Crippen molar-refractivity contribution >= 4 is 66.4 Å². The molecular formula is C33H22O6S2. The molecule has 2 heterocycles. The number of carboxylic acid groups (broad SMARTS) is 2. The summed E-state index contributed by atoms with van der Waals surface area (Å²) in [5.41, 5.74) is 1.28. The predicted octanol–water partition coefficient (Wildman–Crippen LogP) is 7.97. The Labute approximate surface area is 242 Å². The minimum atomic E-state index is -1.10. The lowest BCUT2D eigenvalue weighted by molar-refractivity contribution is 0.0684. The van der Waals surface area contributed by atoms with Gasteiger partial charge >= 0.3 is 11.9 Å². The molecular weight excluding hydrogens is 556 g/mol. The van der Waals surface area contributed by atoms with E-state index in [2.05, 4.69) is 6.07 Å². The zero-order valence-electron chi connectivity index (χ0n) is 21.7. The van der Waals surface area contributed by atoms with Gasteiger partial charge in [0.15, 0.2) is 5.78 Å². The summed E-state index contributed by atoms with van der Waals surface area (Å²) in [4.78, 5) is 48.7. The largest absolute Gasteiger partial charge is 0.478 e. The molecule has 0 atom stereocenters. The van der Waals surface area contributed by atoms with E-state index in [1.54, 1.807) is 53.8 Å². The van der Waals surface area contributed by atoms with Crippen LogP contribution in [0.4, 0.5) is 0 Å². The molecule has 0 unspecified atom stereocenters. The molecule has 0 aliphatic heterocycles. The number of aryl methyl sites for hydroxylation is 1. The molecule has 0 amide bonds. The Morgan fingerprint density at radius 2 is 1.20 bits per heavy atom. The van der Waals surface area contributed by atoms with Gasteiger partial charge in [-0.2, -0.15) is 0 Å². The van der Waals surface area contributed by atoms with Crippen molar-refractivity contribution in [3.05, 3.63) is 141 Å². The molecule has 0 radical (unpaired) electrons. The molecule has 2 aromatic heterocycles. The summed E-state index contributed by atoms with van der Waals surface area (Å²) in [5.74, 6) is -2.53. The first kappa shape index (κ1) is 27.6. The van der Waals surface area contributed by atoms with E-state index in [1.165, 1.54) is 34.2 Å². The lowest BCUT2D eigenvalue weighted by Crippen LogP contribution is -2.09. The van der Waals surface area contributed by atoms with Crippen molar-refractivity contribution in [2.45, 2.75) is 6.92 Å². The topological polar surface area (TPSA) is 109 Å². The van der Waals surface area contributed by atoms with Gasteiger partial charge in [-0.15, -0.1) is 22.7 Å². The van der Waals surface area contributed by atoms with Crippen LogP contribution in [0.15, 0.2) is 103 Å². The highest BCUT2D eigenvalue weighted by atomic mass is 32.1. The molecule has 202 valence electrons. The van der Waals surface area contributed by atoms with Crippen LogP contribution >= 0.6 is 22.7 Å². The normalized spacial score (nSPS) is 10.7. The second kappa shape index (κ2) is 11.7. The molecule has 0 bridgehead atoms. The molecule has 6 aromatic rings. The smallest absolute Gasteiger partial charge is 0.336 e. The van der Waals surface area contributed by atoms with Crippen LogP contribution in [0.5, 0.6) is 0 Å². The van der Waals surface area contributed by atoms with Crippen LogP contribution < -0.4 is 0 Å². The maximum Gasteiger partial charge on any atom is 0.336 e. The number of fused-ring (bicyclic) bond motifs is 3. The maximum atomic E-state index is 12.8. The van der Waals surface area contributed by atoms with E-state index in [-0.39, 0.29) is 28.3 Å². The molecule has 6 nitrogen and oxygen atoms in total. The van der Waals surface area contributed by atoms with Gasteiger partial charge < -0.3 is 10.2 Å². The summed E-state index contributed by atoms with van der Waals surface area (Å²) in [7, 11) is 0. The highest BCUT2D eigenvalue weighted by Gasteiger charge is 2.18. The third-order valence-corrected chi connectivity index (χ3v) is 8.53. The van der Waals surface area contributed by atoms with Crippen molar-refractivity contribution in [1.82, 2.24) is 0 Å². The third-order valence-electron chi connectivity index (χ3n) is 6.38. The summed E-state index contributed by atoms with van der Waals surface area (Å²) in [6, 6.07) is 29.6. The fraction of sp³-hybridized carbons (Fsp3) is 0.0303. The van der Waals surface area contributed by atoms with E-state index in [4.69, 9.17) is 5.11 Å². The summed E-state index contributed by atoms with van der Waals surface area (Å²) < 4.78 is 2.28. The Kier molecular flexibility index (Phi) is 7.87. The zero-order chi connectivity index (χ0) is 29.1. The van der Waals surface area contributed by atoms with E-state index in [9.17, 15) is 24.3 Å². The predicted molar refractivity (Wildman–Crippen MR) is 162 cm³/mol. The highest BCUT2D eigenvalue weighted by Crippen LogP contribution is 2.34. The number of carboxylic acids is 2. The van der Waals surface area contributed by atoms with Gasteiger partial charge in [0.05, 0.1) is 16.0 Å². The van der Waals surface area contributed by atoms with Gasteiger partial charge in [-0.3, -0.25) is 9.59 Å². The van der Waals surface area contributed by atoms with Gasteiger partial charge in [-0.1, -0.05) is 48.5 Å². The molecule has 6 rings (SSSR count). The highest BCUT2D eigenvalue weighted by molar-refractivity contribution is 7.25. The molecule has 4 aromatic carbocycles. The minimum absolute atomic E-state index is 0.0257. The van der Waals surface area contributed by atoms with Crippen molar-refractivity contribution in [1.29, 1.82) is 0 Å². The average Bonchev–Trinajstić information content (AvgIpc) is 3.59. The summed E-state index contributed by atoms with van der Waals surface area (Å²) in [6.07, 6.45) is 0. The molecule has 0 aliphatic rings. The second-order valence-corrected chi connectivity index (χ2v) is 11.5. The minimum Gasteiger partial charge on any atom is -0.478 e. The van der Waals surface area contributed by atoms with E-state index in [0.29, 0.717) is 16.0 Å².